The van der Waals surface area contributed by atoms with Crippen LogP contribution in [0.3, 0.4) is 0 Å². The van der Waals surface area contributed by atoms with E-state index in [4.69, 9.17) is 4.74 Å². The van der Waals surface area contributed by atoms with Gasteiger partial charge in [-0.05, 0) is 31.2 Å². The van der Waals surface area contributed by atoms with Crippen LogP contribution < -0.4 is 10.6 Å². The van der Waals surface area contributed by atoms with E-state index in [1.165, 1.54) is 0 Å². The highest BCUT2D eigenvalue weighted by Gasteiger charge is 2.22. The largest absolute Gasteiger partial charge is 0.464 e. The van der Waals surface area contributed by atoms with E-state index in [9.17, 15) is 19.5 Å². The highest BCUT2D eigenvalue weighted by Crippen LogP contribution is 2.11. The SMILES string of the molecule is C=CCCCC(=O)OCCNC(=O)[C@H](CC=C)CC(=O)N[C@H](CO)Cc1ccccc1. The predicted octanol–water partition coefficient (Wildman–Crippen LogP) is 2.30. The third-order valence-corrected chi connectivity index (χ3v) is 4.62. The fourth-order valence-corrected chi connectivity index (χ4v) is 3.00. The van der Waals surface area contributed by atoms with Crippen molar-refractivity contribution < 1.29 is 24.2 Å². The average molecular weight is 431 g/mol. The normalized spacial score (nSPS) is 12.3. The maximum atomic E-state index is 12.4. The minimum absolute atomic E-state index is 0.0233. The maximum Gasteiger partial charge on any atom is 0.305 e. The molecule has 0 radical (unpaired) electrons. The Morgan fingerprint density at radius 2 is 1.87 bits per heavy atom. The van der Waals surface area contributed by atoms with Gasteiger partial charge in [-0.25, -0.2) is 0 Å². The monoisotopic (exact) mass is 430 g/mol. The molecule has 0 aliphatic carbocycles. The molecule has 7 nitrogen and oxygen atoms in total. The number of hydrogen-bond donors (Lipinski definition) is 3. The number of aliphatic hydroxyl groups excluding tert-OH is 1. The van der Waals surface area contributed by atoms with Gasteiger partial charge in [-0.3, -0.25) is 14.4 Å². The van der Waals surface area contributed by atoms with Gasteiger partial charge in [-0.1, -0.05) is 42.5 Å². The van der Waals surface area contributed by atoms with E-state index in [1.54, 1.807) is 12.2 Å². The Morgan fingerprint density at radius 1 is 1.13 bits per heavy atom. The Bertz CT molecular complexity index is 705. The molecule has 0 fully saturated rings. The molecule has 0 unspecified atom stereocenters. The molecule has 0 aromatic heterocycles. The molecule has 0 aliphatic heterocycles. The number of benzene rings is 1. The summed E-state index contributed by atoms with van der Waals surface area (Å²) >= 11 is 0. The topological polar surface area (TPSA) is 105 Å². The second-order valence-corrected chi connectivity index (χ2v) is 7.25. The van der Waals surface area contributed by atoms with Crippen LogP contribution in [-0.2, 0) is 25.5 Å². The van der Waals surface area contributed by atoms with Crippen LogP contribution in [0.1, 0.15) is 37.7 Å². The molecule has 2 amide bonds. The van der Waals surface area contributed by atoms with Crippen molar-refractivity contribution >= 4 is 17.8 Å². The zero-order chi connectivity index (χ0) is 22.9. The first-order valence-corrected chi connectivity index (χ1v) is 10.6. The van der Waals surface area contributed by atoms with E-state index in [1.807, 2.05) is 30.3 Å². The van der Waals surface area contributed by atoms with Crippen molar-refractivity contribution in [1.82, 2.24) is 10.6 Å². The Hall–Kier alpha value is -2.93. The molecule has 170 valence electrons. The van der Waals surface area contributed by atoms with Crippen LogP contribution in [0.2, 0.25) is 0 Å². The second kappa shape index (κ2) is 15.8. The summed E-state index contributed by atoms with van der Waals surface area (Å²) in [7, 11) is 0. The van der Waals surface area contributed by atoms with E-state index in [-0.39, 0.29) is 44.0 Å². The van der Waals surface area contributed by atoms with Gasteiger partial charge in [-0.15, -0.1) is 13.2 Å². The molecular formula is C24H34N2O5. The molecule has 1 rings (SSSR count). The van der Waals surface area contributed by atoms with Crippen molar-refractivity contribution in [1.29, 1.82) is 0 Å². The summed E-state index contributed by atoms with van der Waals surface area (Å²) < 4.78 is 5.07. The molecule has 7 heteroatoms. The number of allylic oxidation sites excluding steroid dienone is 2. The highest BCUT2D eigenvalue weighted by atomic mass is 16.5. The Kier molecular flexibility index (Phi) is 13.3. The fourth-order valence-electron chi connectivity index (χ4n) is 3.00. The van der Waals surface area contributed by atoms with Crippen LogP contribution in [-0.4, -0.2) is 48.7 Å². The van der Waals surface area contributed by atoms with Crippen LogP contribution in [0.25, 0.3) is 0 Å². The van der Waals surface area contributed by atoms with Gasteiger partial charge in [-0.2, -0.15) is 0 Å². The summed E-state index contributed by atoms with van der Waals surface area (Å²) in [6.07, 6.45) is 5.89. The van der Waals surface area contributed by atoms with E-state index >= 15 is 0 Å². The lowest BCUT2D eigenvalue weighted by atomic mass is 9.99. The number of rotatable bonds is 16. The Morgan fingerprint density at radius 3 is 2.52 bits per heavy atom. The third-order valence-electron chi connectivity index (χ3n) is 4.62. The van der Waals surface area contributed by atoms with E-state index < -0.39 is 12.0 Å². The smallest absolute Gasteiger partial charge is 0.305 e. The molecule has 1 aromatic rings. The molecule has 0 bridgehead atoms. The van der Waals surface area contributed by atoms with E-state index in [0.717, 1.165) is 12.0 Å². The van der Waals surface area contributed by atoms with Gasteiger partial charge in [0.15, 0.2) is 0 Å². The zero-order valence-corrected chi connectivity index (χ0v) is 18.1. The summed E-state index contributed by atoms with van der Waals surface area (Å²) in [6.45, 7) is 7.30. The van der Waals surface area contributed by atoms with E-state index in [0.29, 0.717) is 25.7 Å². The van der Waals surface area contributed by atoms with Crippen LogP contribution in [0.4, 0.5) is 0 Å². The zero-order valence-electron chi connectivity index (χ0n) is 18.1. The standard InChI is InChI=1S/C24H34N2O5/c1-3-5-7-13-23(29)31-15-14-25-24(30)20(10-4-2)17-22(28)26-21(18-27)16-19-11-8-6-9-12-19/h3-4,6,8-9,11-12,20-21,27H,1-2,5,7,10,13-18H2,(H,25,30)(H,26,28)/t20-,21+/m1/s1. The number of carbonyl (C=O) groups excluding carboxylic acids is 3. The number of aliphatic hydroxyl groups is 1. The first kappa shape index (κ1) is 26.1. The average Bonchev–Trinajstić information content (AvgIpc) is 2.76. The van der Waals surface area contributed by atoms with Crippen molar-refractivity contribution in [2.45, 2.75) is 44.6 Å². The highest BCUT2D eigenvalue weighted by molar-refractivity contribution is 5.86. The van der Waals surface area contributed by atoms with Crippen molar-refractivity contribution in [3.05, 3.63) is 61.2 Å². The molecule has 1 aromatic carbocycles. The lowest BCUT2D eigenvalue weighted by Crippen LogP contribution is -2.42. The molecule has 0 aliphatic rings. The van der Waals surface area contributed by atoms with Crippen LogP contribution in [0, 0.1) is 5.92 Å². The first-order valence-electron chi connectivity index (χ1n) is 10.6. The van der Waals surface area contributed by atoms with Crippen molar-refractivity contribution in [3.63, 3.8) is 0 Å². The van der Waals surface area contributed by atoms with Crippen molar-refractivity contribution in [2.75, 3.05) is 19.8 Å². The predicted molar refractivity (Wildman–Crippen MR) is 120 cm³/mol. The number of amides is 2. The molecule has 0 saturated heterocycles. The van der Waals surface area contributed by atoms with Crippen molar-refractivity contribution in [2.24, 2.45) is 5.92 Å². The molecule has 0 saturated carbocycles. The Balaban J connectivity index is 2.42. The number of ether oxygens (including phenoxy) is 1. The van der Waals surface area contributed by atoms with Crippen LogP contribution in [0.5, 0.6) is 0 Å². The molecule has 0 spiro atoms. The van der Waals surface area contributed by atoms with Crippen LogP contribution in [0.15, 0.2) is 55.6 Å². The van der Waals surface area contributed by atoms with E-state index in [2.05, 4.69) is 23.8 Å². The van der Waals surface area contributed by atoms with Gasteiger partial charge in [0.25, 0.3) is 0 Å². The lowest BCUT2D eigenvalue weighted by molar-refractivity contribution is -0.144. The van der Waals surface area contributed by atoms with Crippen molar-refractivity contribution in [3.8, 4) is 0 Å². The van der Waals surface area contributed by atoms with Gasteiger partial charge in [0, 0.05) is 12.8 Å². The third kappa shape index (κ3) is 11.7. The molecule has 31 heavy (non-hydrogen) atoms. The molecule has 2 atom stereocenters. The lowest BCUT2D eigenvalue weighted by Gasteiger charge is -2.19. The minimum atomic E-state index is -0.586. The summed E-state index contributed by atoms with van der Waals surface area (Å²) in [6, 6.07) is 9.12. The number of unbranched alkanes of at least 4 members (excludes halogenated alkanes) is 1. The molecule has 3 N–H and O–H groups in total. The molecular weight excluding hydrogens is 396 g/mol. The van der Waals surface area contributed by atoms with Gasteiger partial charge in [0.2, 0.25) is 11.8 Å². The summed E-state index contributed by atoms with van der Waals surface area (Å²) in [5.74, 6) is -1.52. The number of nitrogens with one attached hydrogen (secondary N) is 2. The second-order valence-electron chi connectivity index (χ2n) is 7.25. The number of esters is 1. The summed E-state index contributed by atoms with van der Waals surface area (Å²) in [4.78, 5) is 36.4. The summed E-state index contributed by atoms with van der Waals surface area (Å²) in [5.41, 5.74) is 1.00. The minimum Gasteiger partial charge on any atom is -0.464 e. The van der Waals surface area contributed by atoms with Gasteiger partial charge < -0.3 is 20.5 Å². The first-order chi connectivity index (χ1) is 15.0. The Labute approximate surface area is 184 Å². The quantitative estimate of drug-likeness (QED) is 0.212. The summed E-state index contributed by atoms with van der Waals surface area (Å²) in [5, 5.41) is 15.1. The number of carbonyl (C=O) groups is 3. The van der Waals surface area contributed by atoms with Crippen LogP contribution >= 0.6 is 0 Å². The maximum absolute atomic E-state index is 12.4. The van der Waals surface area contributed by atoms with Gasteiger partial charge >= 0.3 is 5.97 Å². The number of hydrogen-bond acceptors (Lipinski definition) is 5. The van der Waals surface area contributed by atoms with Gasteiger partial charge in [0.05, 0.1) is 25.1 Å². The molecule has 0 heterocycles. The van der Waals surface area contributed by atoms with Gasteiger partial charge in [0.1, 0.15) is 6.61 Å². The fraction of sp³-hybridized carbons (Fsp3) is 0.458.